The maximum atomic E-state index is 12.3. The predicted molar refractivity (Wildman–Crippen MR) is 90.5 cm³/mol. The van der Waals surface area contributed by atoms with Crippen molar-refractivity contribution in [1.82, 2.24) is 4.90 Å². The highest BCUT2D eigenvalue weighted by molar-refractivity contribution is 7.85. The first kappa shape index (κ1) is 18.4. The fourth-order valence-corrected chi connectivity index (χ4v) is 3.86. The number of nitrogens with zero attached hydrogens (tertiary/aromatic N) is 1. The number of rotatable bonds is 6. The third-order valence-corrected chi connectivity index (χ3v) is 5.71. The van der Waals surface area contributed by atoms with Crippen molar-refractivity contribution in [2.75, 3.05) is 25.4 Å². The summed E-state index contributed by atoms with van der Waals surface area (Å²) in [6, 6.07) is 7.44. The predicted octanol–water partition coefficient (Wildman–Crippen LogP) is 2.54. The molecule has 1 fully saturated rings. The number of carbonyl (C=O) groups excluding carboxylic acids is 1. The maximum absolute atomic E-state index is 12.3. The molecule has 128 valence electrons. The summed E-state index contributed by atoms with van der Waals surface area (Å²) in [5.41, 5.74) is 0.511. The van der Waals surface area contributed by atoms with Gasteiger partial charge in [0.2, 0.25) is 0 Å². The Morgan fingerprint density at radius 2 is 1.83 bits per heavy atom. The van der Waals surface area contributed by atoms with Crippen molar-refractivity contribution in [3.05, 3.63) is 34.9 Å². The van der Waals surface area contributed by atoms with Crippen LogP contribution in [0.25, 0.3) is 0 Å². The molecule has 5 nitrogen and oxygen atoms in total. The summed E-state index contributed by atoms with van der Waals surface area (Å²) in [5, 5.41) is 0.648. The lowest BCUT2D eigenvalue weighted by molar-refractivity contribution is -0.124. The zero-order chi connectivity index (χ0) is 17.1. The first-order valence-corrected chi connectivity index (χ1v) is 9.66. The molecule has 0 saturated carbocycles. The number of Topliss-reactive ketones (excluding diaryl/α,β-unsaturated/α-hetero) is 1. The van der Waals surface area contributed by atoms with Crippen LogP contribution in [0.3, 0.4) is 0 Å². The zero-order valence-corrected chi connectivity index (χ0v) is 14.7. The van der Waals surface area contributed by atoms with Crippen molar-refractivity contribution in [2.45, 2.75) is 31.6 Å². The number of likely N-dealkylation sites (tertiary alicyclic amines) is 1. The highest BCUT2D eigenvalue weighted by Gasteiger charge is 2.40. The Labute approximate surface area is 142 Å². The fraction of sp³-hybridized carbons (Fsp3) is 0.562. The van der Waals surface area contributed by atoms with Gasteiger partial charge < -0.3 is 4.90 Å². The topological polar surface area (TPSA) is 74.7 Å². The van der Waals surface area contributed by atoms with Crippen LogP contribution in [0.5, 0.6) is 0 Å². The van der Waals surface area contributed by atoms with Gasteiger partial charge in [-0.25, -0.2) is 0 Å². The number of piperidine rings is 1. The number of hydrogen-bond acceptors (Lipinski definition) is 4. The molecular formula is C16H22ClNO4S. The lowest BCUT2D eigenvalue weighted by Crippen LogP contribution is -2.46. The second-order valence-electron chi connectivity index (χ2n) is 6.13. The maximum Gasteiger partial charge on any atom is 0.264 e. The van der Waals surface area contributed by atoms with E-state index in [2.05, 4.69) is 4.90 Å². The average Bonchev–Trinajstić information content (AvgIpc) is 2.47. The largest absolute Gasteiger partial charge is 0.303 e. The van der Waals surface area contributed by atoms with Gasteiger partial charge in [-0.1, -0.05) is 23.7 Å². The van der Waals surface area contributed by atoms with Gasteiger partial charge in [0.15, 0.2) is 0 Å². The summed E-state index contributed by atoms with van der Waals surface area (Å²) >= 11 is 5.93. The normalized spacial score (nSPS) is 18.7. The van der Waals surface area contributed by atoms with E-state index in [0.29, 0.717) is 30.8 Å². The molecule has 0 radical (unpaired) electrons. The molecule has 1 aliphatic heterocycles. The van der Waals surface area contributed by atoms with Gasteiger partial charge in [-0.2, -0.15) is 8.42 Å². The van der Waals surface area contributed by atoms with Crippen molar-refractivity contribution in [1.29, 1.82) is 0 Å². The average molecular weight is 360 g/mol. The third-order valence-electron chi connectivity index (χ3n) is 4.66. The molecule has 2 rings (SSSR count). The first-order valence-electron chi connectivity index (χ1n) is 7.67. The monoisotopic (exact) mass is 359 g/mol. The number of halogens is 1. The zero-order valence-electron chi connectivity index (χ0n) is 13.2. The number of ketones is 1. The van der Waals surface area contributed by atoms with Crippen molar-refractivity contribution >= 4 is 27.5 Å². The van der Waals surface area contributed by atoms with E-state index in [4.69, 9.17) is 16.2 Å². The molecule has 0 atom stereocenters. The molecule has 23 heavy (non-hydrogen) atoms. The van der Waals surface area contributed by atoms with Crippen LogP contribution in [0, 0.1) is 0 Å². The van der Waals surface area contributed by atoms with Crippen LogP contribution < -0.4 is 0 Å². The first-order chi connectivity index (χ1) is 10.7. The van der Waals surface area contributed by atoms with E-state index in [0.717, 1.165) is 18.7 Å². The molecule has 1 aliphatic rings. The SMILES string of the molecule is CC(=O)C1(c2ccc(Cl)cc2)CCN(CCCS(=O)(=O)O)CC1. The summed E-state index contributed by atoms with van der Waals surface area (Å²) in [7, 11) is -3.90. The Kier molecular flexibility index (Phi) is 5.84. The minimum Gasteiger partial charge on any atom is -0.303 e. The van der Waals surface area contributed by atoms with Crippen molar-refractivity contribution in [3.63, 3.8) is 0 Å². The van der Waals surface area contributed by atoms with Crippen LogP contribution in [0.2, 0.25) is 5.02 Å². The minimum absolute atomic E-state index is 0.150. The number of carbonyl (C=O) groups is 1. The summed E-state index contributed by atoms with van der Waals surface area (Å²) in [5.74, 6) is -0.0733. The quantitative estimate of drug-likeness (QED) is 0.790. The van der Waals surface area contributed by atoms with Gasteiger partial charge in [-0.3, -0.25) is 9.35 Å². The Balaban J connectivity index is 2.01. The van der Waals surface area contributed by atoms with Gasteiger partial charge >= 0.3 is 0 Å². The van der Waals surface area contributed by atoms with Gasteiger partial charge in [0, 0.05) is 5.02 Å². The molecule has 0 amide bonds. The van der Waals surface area contributed by atoms with Crippen molar-refractivity contribution < 1.29 is 17.8 Å². The molecule has 0 bridgehead atoms. The third kappa shape index (κ3) is 4.76. The van der Waals surface area contributed by atoms with E-state index in [1.807, 2.05) is 12.1 Å². The second-order valence-corrected chi connectivity index (χ2v) is 8.13. The van der Waals surface area contributed by atoms with Gasteiger partial charge in [0.1, 0.15) is 5.78 Å². The van der Waals surface area contributed by atoms with Crippen molar-refractivity contribution in [3.8, 4) is 0 Å². The number of hydrogen-bond donors (Lipinski definition) is 1. The minimum atomic E-state index is -3.90. The molecule has 1 heterocycles. The van der Waals surface area contributed by atoms with Crippen LogP contribution in [0.15, 0.2) is 24.3 Å². The van der Waals surface area contributed by atoms with Crippen LogP contribution >= 0.6 is 11.6 Å². The molecule has 0 aliphatic carbocycles. The van der Waals surface area contributed by atoms with Crippen LogP contribution in [-0.4, -0.2) is 49.0 Å². The lowest BCUT2D eigenvalue weighted by atomic mass is 9.70. The molecule has 1 saturated heterocycles. The van der Waals surface area contributed by atoms with E-state index >= 15 is 0 Å². The van der Waals surface area contributed by atoms with Gasteiger partial charge in [-0.05, 0) is 63.5 Å². The molecular weight excluding hydrogens is 338 g/mol. The van der Waals surface area contributed by atoms with Gasteiger partial charge in [0.05, 0.1) is 11.2 Å². The highest BCUT2D eigenvalue weighted by Crippen LogP contribution is 2.37. The number of benzene rings is 1. The Morgan fingerprint density at radius 1 is 1.26 bits per heavy atom. The molecule has 1 N–H and O–H groups in total. The Hall–Kier alpha value is -0.950. The molecule has 0 spiro atoms. The highest BCUT2D eigenvalue weighted by atomic mass is 35.5. The van der Waals surface area contributed by atoms with E-state index in [1.165, 1.54) is 0 Å². The van der Waals surface area contributed by atoms with Crippen LogP contribution in [-0.2, 0) is 20.3 Å². The Bertz CT molecular complexity index is 649. The Morgan fingerprint density at radius 3 is 2.30 bits per heavy atom. The van der Waals surface area contributed by atoms with E-state index in [-0.39, 0.29) is 11.5 Å². The van der Waals surface area contributed by atoms with Gasteiger partial charge in [0.25, 0.3) is 10.1 Å². The van der Waals surface area contributed by atoms with Gasteiger partial charge in [-0.15, -0.1) is 0 Å². The van der Waals surface area contributed by atoms with Crippen LogP contribution in [0.1, 0.15) is 31.7 Å². The fourth-order valence-electron chi connectivity index (χ4n) is 3.24. The van der Waals surface area contributed by atoms with E-state index < -0.39 is 15.5 Å². The van der Waals surface area contributed by atoms with E-state index in [9.17, 15) is 13.2 Å². The lowest BCUT2D eigenvalue weighted by Gasteiger charge is -2.40. The standard InChI is InChI=1S/C16H22ClNO4S/c1-13(19)16(14-3-5-15(17)6-4-14)7-10-18(11-8-16)9-2-12-23(20,21)22/h3-6H,2,7-12H2,1H3,(H,20,21,22). The molecule has 0 unspecified atom stereocenters. The van der Waals surface area contributed by atoms with Crippen molar-refractivity contribution in [2.24, 2.45) is 0 Å². The summed E-state index contributed by atoms with van der Waals surface area (Å²) in [6.45, 7) is 3.69. The smallest absolute Gasteiger partial charge is 0.264 e. The molecule has 0 aromatic heterocycles. The summed E-state index contributed by atoms with van der Waals surface area (Å²) < 4.78 is 30.3. The second kappa shape index (κ2) is 7.30. The van der Waals surface area contributed by atoms with Crippen LogP contribution in [0.4, 0.5) is 0 Å². The summed E-state index contributed by atoms with van der Waals surface area (Å²) in [6.07, 6.45) is 1.80. The molecule has 1 aromatic carbocycles. The van der Waals surface area contributed by atoms with E-state index in [1.54, 1.807) is 19.1 Å². The molecule has 1 aromatic rings. The molecule has 7 heteroatoms. The summed E-state index contributed by atoms with van der Waals surface area (Å²) in [4.78, 5) is 14.4.